The summed E-state index contributed by atoms with van der Waals surface area (Å²) in [6.45, 7) is 2.39. The van der Waals surface area contributed by atoms with Crippen LogP contribution in [0.2, 0.25) is 0 Å². The third-order valence-corrected chi connectivity index (χ3v) is 6.20. The number of aromatic nitrogens is 1. The maximum absolute atomic E-state index is 13.1. The molecule has 3 aromatic rings. The first kappa shape index (κ1) is 15.2. The fraction of sp³-hybridized carbons (Fsp3) is 0.222. The largest absolute Gasteiger partial charge is 0.380 e. The van der Waals surface area contributed by atoms with Crippen LogP contribution in [0.1, 0.15) is 11.1 Å². The predicted molar refractivity (Wildman–Crippen MR) is 95.9 cm³/mol. The van der Waals surface area contributed by atoms with E-state index in [4.69, 9.17) is 5.73 Å². The van der Waals surface area contributed by atoms with Gasteiger partial charge in [0.05, 0.1) is 10.4 Å². The van der Waals surface area contributed by atoms with Gasteiger partial charge < -0.3 is 11.1 Å². The van der Waals surface area contributed by atoms with Crippen LogP contribution in [0.15, 0.2) is 53.6 Å². The molecule has 1 unspecified atom stereocenters. The lowest BCUT2D eigenvalue weighted by Gasteiger charge is -2.23. The van der Waals surface area contributed by atoms with E-state index < -0.39 is 10.0 Å². The second-order valence-electron chi connectivity index (χ2n) is 6.25. The van der Waals surface area contributed by atoms with Gasteiger partial charge in [0.15, 0.2) is 0 Å². The highest BCUT2D eigenvalue weighted by molar-refractivity contribution is 7.90. The molecule has 0 amide bonds. The van der Waals surface area contributed by atoms with Gasteiger partial charge in [0, 0.05) is 29.9 Å². The van der Waals surface area contributed by atoms with Crippen LogP contribution in [0.5, 0.6) is 0 Å². The van der Waals surface area contributed by atoms with Gasteiger partial charge in [-0.25, -0.2) is 12.4 Å². The molecule has 2 heterocycles. The predicted octanol–water partition coefficient (Wildman–Crippen LogP) is 2.48. The Balaban J connectivity index is 1.95. The molecule has 5 nitrogen and oxygen atoms in total. The highest BCUT2D eigenvalue weighted by Crippen LogP contribution is 2.35. The number of nitrogens with one attached hydrogen (secondary N) is 1. The molecule has 24 heavy (non-hydrogen) atoms. The molecule has 124 valence electrons. The zero-order valence-electron chi connectivity index (χ0n) is 13.4. The SMILES string of the molecule is Cc1cccc(S(=O)(=O)n2cc3c4c(cccc42)NC(CN)C3)c1. The maximum Gasteiger partial charge on any atom is 0.268 e. The zero-order valence-corrected chi connectivity index (χ0v) is 14.2. The second kappa shape index (κ2) is 5.36. The van der Waals surface area contributed by atoms with Crippen molar-refractivity contribution in [2.24, 2.45) is 5.73 Å². The Morgan fingerprint density at radius 1 is 1.25 bits per heavy atom. The number of nitrogens with zero attached hydrogens (tertiary/aromatic N) is 1. The number of hydrogen-bond donors (Lipinski definition) is 2. The molecule has 2 aromatic carbocycles. The summed E-state index contributed by atoms with van der Waals surface area (Å²) in [5, 5.41) is 4.36. The summed E-state index contributed by atoms with van der Waals surface area (Å²) in [4.78, 5) is 0.305. The van der Waals surface area contributed by atoms with Crippen LogP contribution in [-0.2, 0) is 16.4 Å². The van der Waals surface area contributed by atoms with E-state index in [-0.39, 0.29) is 6.04 Å². The van der Waals surface area contributed by atoms with Crippen molar-refractivity contribution in [1.29, 1.82) is 0 Å². The van der Waals surface area contributed by atoms with Gasteiger partial charge in [0.25, 0.3) is 10.0 Å². The molecule has 0 radical (unpaired) electrons. The van der Waals surface area contributed by atoms with E-state index in [2.05, 4.69) is 5.32 Å². The van der Waals surface area contributed by atoms with E-state index in [1.807, 2.05) is 31.2 Å². The Morgan fingerprint density at radius 2 is 2.04 bits per heavy atom. The molecule has 1 aromatic heterocycles. The second-order valence-corrected chi connectivity index (χ2v) is 8.07. The lowest BCUT2D eigenvalue weighted by Crippen LogP contribution is -2.33. The van der Waals surface area contributed by atoms with E-state index in [9.17, 15) is 8.42 Å². The average Bonchev–Trinajstić information content (AvgIpc) is 2.96. The first-order valence-corrected chi connectivity index (χ1v) is 9.36. The molecular formula is C18H19N3O2S. The first-order chi connectivity index (χ1) is 11.5. The summed E-state index contributed by atoms with van der Waals surface area (Å²) in [5.74, 6) is 0. The lowest BCUT2D eigenvalue weighted by atomic mass is 9.99. The topological polar surface area (TPSA) is 77.1 Å². The third kappa shape index (κ3) is 2.22. The van der Waals surface area contributed by atoms with Crippen LogP contribution >= 0.6 is 0 Å². The lowest BCUT2D eigenvalue weighted by molar-refractivity contribution is 0.588. The molecule has 1 aliphatic heterocycles. The van der Waals surface area contributed by atoms with Gasteiger partial charge in [-0.2, -0.15) is 0 Å². The third-order valence-electron chi connectivity index (χ3n) is 4.53. The fourth-order valence-electron chi connectivity index (χ4n) is 3.38. The first-order valence-electron chi connectivity index (χ1n) is 7.92. The molecule has 0 saturated heterocycles. The van der Waals surface area contributed by atoms with Crippen molar-refractivity contribution < 1.29 is 8.42 Å². The Hall–Kier alpha value is -2.31. The summed E-state index contributed by atoms with van der Waals surface area (Å²) in [6.07, 6.45) is 2.47. The maximum atomic E-state index is 13.1. The van der Waals surface area contributed by atoms with Crippen molar-refractivity contribution in [3.8, 4) is 0 Å². The fourth-order valence-corrected chi connectivity index (χ4v) is 4.87. The summed E-state index contributed by atoms with van der Waals surface area (Å²) in [6, 6.07) is 12.8. The average molecular weight is 341 g/mol. The highest BCUT2D eigenvalue weighted by atomic mass is 32.2. The Labute approximate surface area is 141 Å². The van der Waals surface area contributed by atoms with E-state index >= 15 is 0 Å². The van der Waals surface area contributed by atoms with Crippen molar-refractivity contribution in [1.82, 2.24) is 3.97 Å². The Kier molecular flexibility index (Phi) is 3.40. The van der Waals surface area contributed by atoms with Crippen molar-refractivity contribution >= 4 is 26.6 Å². The summed E-state index contributed by atoms with van der Waals surface area (Å²) in [7, 11) is -3.63. The molecular weight excluding hydrogens is 322 g/mol. The van der Waals surface area contributed by atoms with Crippen LogP contribution in [0.25, 0.3) is 10.9 Å². The summed E-state index contributed by atoms with van der Waals surface area (Å²) < 4.78 is 27.7. The van der Waals surface area contributed by atoms with Crippen LogP contribution in [0, 0.1) is 6.92 Å². The van der Waals surface area contributed by atoms with Gasteiger partial charge in [0.2, 0.25) is 0 Å². The van der Waals surface area contributed by atoms with Crippen LogP contribution in [-0.4, -0.2) is 25.0 Å². The molecule has 4 rings (SSSR count). The van der Waals surface area contributed by atoms with Gasteiger partial charge in [-0.3, -0.25) is 0 Å². The number of benzene rings is 2. The Bertz CT molecular complexity index is 1040. The van der Waals surface area contributed by atoms with E-state index in [1.165, 1.54) is 3.97 Å². The minimum absolute atomic E-state index is 0.126. The zero-order chi connectivity index (χ0) is 16.9. The molecule has 1 aliphatic rings. The molecule has 6 heteroatoms. The van der Waals surface area contributed by atoms with Crippen molar-refractivity contribution in [3.63, 3.8) is 0 Å². The Morgan fingerprint density at radius 3 is 2.79 bits per heavy atom. The van der Waals surface area contributed by atoms with Crippen LogP contribution in [0.4, 0.5) is 5.69 Å². The number of nitrogens with two attached hydrogens (primary N) is 1. The number of aryl methyl sites for hydroxylation is 1. The molecule has 1 atom stereocenters. The van der Waals surface area contributed by atoms with Crippen LogP contribution < -0.4 is 11.1 Å². The summed E-state index contributed by atoms with van der Waals surface area (Å²) >= 11 is 0. The standard InChI is InChI=1S/C18H19N3O2S/c1-12-4-2-5-15(8-12)24(22,23)21-11-13-9-14(10-19)20-16-6-3-7-17(21)18(13)16/h2-8,11,14,20H,9-10,19H2,1H3. The van der Waals surface area contributed by atoms with Crippen molar-refractivity contribution in [2.75, 3.05) is 11.9 Å². The number of hydrogen-bond acceptors (Lipinski definition) is 4. The van der Waals surface area contributed by atoms with Gasteiger partial charge in [-0.1, -0.05) is 18.2 Å². The molecule has 0 fully saturated rings. The number of rotatable bonds is 3. The molecule has 0 bridgehead atoms. The van der Waals surface area contributed by atoms with Gasteiger partial charge in [-0.15, -0.1) is 0 Å². The normalized spacial score (nSPS) is 17.0. The molecule has 0 saturated carbocycles. The quantitative estimate of drug-likeness (QED) is 0.767. The summed E-state index contributed by atoms with van der Waals surface area (Å²) in [5.41, 5.74) is 9.39. The smallest absolute Gasteiger partial charge is 0.268 e. The van der Waals surface area contributed by atoms with Gasteiger partial charge >= 0.3 is 0 Å². The number of anilines is 1. The van der Waals surface area contributed by atoms with Gasteiger partial charge in [-0.05, 0) is 48.7 Å². The minimum atomic E-state index is -3.63. The van der Waals surface area contributed by atoms with Gasteiger partial charge in [0.1, 0.15) is 0 Å². The van der Waals surface area contributed by atoms with E-state index in [0.717, 1.165) is 28.6 Å². The van der Waals surface area contributed by atoms with E-state index in [0.29, 0.717) is 17.0 Å². The monoisotopic (exact) mass is 341 g/mol. The molecule has 3 N–H and O–H groups in total. The molecule has 0 aliphatic carbocycles. The van der Waals surface area contributed by atoms with Crippen LogP contribution in [0.3, 0.4) is 0 Å². The van der Waals surface area contributed by atoms with Crippen molar-refractivity contribution in [2.45, 2.75) is 24.3 Å². The highest BCUT2D eigenvalue weighted by Gasteiger charge is 2.26. The van der Waals surface area contributed by atoms with E-state index in [1.54, 1.807) is 24.4 Å². The minimum Gasteiger partial charge on any atom is -0.380 e. The van der Waals surface area contributed by atoms with Crippen molar-refractivity contribution in [3.05, 3.63) is 59.8 Å². The molecule has 0 spiro atoms.